The zero-order chi connectivity index (χ0) is 34.4. The van der Waals surface area contributed by atoms with Crippen LogP contribution < -0.4 is 4.74 Å². The Morgan fingerprint density at radius 1 is 0.635 bits per heavy atom. The molecule has 0 bridgehead atoms. The van der Waals surface area contributed by atoms with Crippen molar-refractivity contribution in [3.8, 4) is 45.6 Å². The summed E-state index contributed by atoms with van der Waals surface area (Å²) in [5, 5.41) is 4.22. The van der Waals surface area contributed by atoms with Crippen LogP contribution >= 0.6 is 0 Å². The Morgan fingerprint density at radius 2 is 1.33 bits per heavy atom. The van der Waals surface area contributed by atoms with E-state index in [1.54, 1.807) is 0 Å². The summed E-state index contributed by atoms with van der Waals surface area (Å²) in [7, 11) is 0. The van der Waals surface area contributed by atoms with Crippen LogP contribution in [0.15, 0.2) is 162 Å². The highest BCUT2D eigenvalue weighted by molar-refractivity contribution is 6.27. The molecule has 4 heterocycles. The summed E-state index contributed by atoms with van der Waals surface area (Å²) < 4.78 is 15.5. The summed E-state index contributed by atoms with van der Waals surface area (Å²) in [6.07, 6.45) is 8.60. The number of rotatable bonds is 4. The minimum absolute atomic E-state index is 0.109. The molecule has 6 heteroatoms. The highest BCUT2D eigenvalue weighted by atomic mass is 16.5. The molecule has 246 valence electrons. The largest absolute Gasteiger partial charge is 0.482 e. The highest BCUT2D eigenvalue weighted by Crippen LogP contribution is 2.51. The normalized spacial score (nSPS) is 17.6. The van der Waals surface area contributed by atoms with Crippen molar-refractivity contribution in [2.45, 2.75) is 18.4 Å². The standard InChI is InChI=1S/C46H30N4O2/c1-46-25-13-12-20-36(46)35-26-30(23-24-39(35)52-46)33-27-34-31-18-9-11-22-38(31)51-42(34)40-32-19-8-10-21-37(32)50(41(33)40)45-48-43(28-14-4-2-5-15-28)47-44(49-45)29-16-6-3-7-17-29/h2-27,36H,1H3. The average molecular weight is 671 g/mol. The number of para-hydroxylation sites is 2. The molecule has 9 aromatic rings. The number of benzene rings is 6. The van der Waals surface area contributed by atoms with Gasteiger partial charge in [-0.1, -0.05) is 121 Å². The molecule has 52 heavy (non-hydrogen) atoms. The maximum Gasteiger partial charge on any atom is 0.238 e. The third-order valence-electron chi connectivity index (χ3n) is 10.6. The van der Waals surface area contributed by atoms with Crippen molar-refractivity contribution in [1.82, 2.24) is 19.5 Å². The van der Waals surface area contributed by atoms with Crippen molar-refractivity contribution in [2.24, 2.45) is 0 Å². The minimum Gasteiger partial charge on any atom is -0.482 e. The van der Waals surface area contributed by atoms with Crippen LogP contribution in [0.5, 0.6) is 5.75 Å². The number of hydrogen-bond donors (Lipinski definition) is 0. The van der Waals surface area contributed by atoms with Crippen LogP contribution in [0.25, 0.3) is 83.6 Å². The number of furan rings is 1. The van der Waals surface area contributed by atoms with E-state index in [9.17, 15) is 0 Å². The molecule has 3 aromatic heterocycles. The zero-order valence-corrected chi connectivity index (χ0v) is 28.2. The second-order valence-corrected chi connectivity index (χ2v) is 13.8. The minimum atomic E-state index is -0.419. The van der Waals surface area contributed by atoms with Gasteiger partial charge in [-0.15, -0.1) is 0 Å². The molecule has 0 N–H and O–H groups in total. The maximum absolute atomic E-state index is 6.75. The van der Waals surface area contributed by atoms with Gasteiger partial charge in [0.15, 0.2) is 11.6 Å². The van der Waals surface area contributed by atoms with Gasteiger partial charge < -0.3 is 9.15 Å². The van der Waals surface area contributed by atoms with Crippen LogP contribution in [0.1, 0.15) is 18.4 Å². The molecule has 2 aliphatic rings. The number of allylic oxidation sites excluding steroid dienone is 2. The van der Waals surface area contributed by atoms with Gasteiger partial charge in [0.2, 0.25) is 5.95 Å². The van der Waals surface area contributed by atoms with Crippen LogP contribution in [-0.2, 0) is 0 Å². The van der Waals surface area contributed by atoms with Crippen molar-refractivity contribution in [1.29, 1.82) is 0 Å². The van der Waals surface area contributed by atoms with Gasteiger partial charge in [-0.25, -0.2) is 4.98 Å². The Bertz CT molecular complexity index is 2900. The topological polar surface area (TPSA) is 66.0 Å². The monoisotopic (exact) mass is 670 g/mol. The highest BCUT2D eigenvalue weighted by Gasteiger charge is 2.42. The van der Waals surface area contributed by atoms with E-state index in [1.165, 1.54) is 5.56 Å². The van der Waals surface area contributed by atoms with E-state index in [1.807, 2.05) is 72.8 Å². The van der Waals surface area contributed by atoms with Crippen LogP contribution in [0, 0.1) is 0 Å². The number of hydrogen-bond acceptors (Lipinski definition) is 5. The molecule has 1 aliphatic carbocycles. The van der Waals surface area contributed by atoms with Gasteiger partial charge in [-0.3, -0.25) is 4.57 Å². The smallest absolute Gasteiger partial charge is 0.238 e. The molecule has 0 saturated carbocycles. The van der Waals surface area contributed by atoms with Gasteiger partial charge in [-0.05, 0) is 48.9 Å². The van der Waals surface area contributed by atoms with E-state index in [4.69, 9.17) is 24.1 Å². The van der Waals surface area contributed by atoms with Crippen LogP contribution in [0.2, 0.25) is 0 Å². The summed E-state index contributed by atoms with van der Waals surface area (Å²) >= 11 is 0. The second kappa shape index (κ2) is 10.9. The van der Waals surface area contributed by atoms with Gasteiger partial charge in [0.25, 0.3) is 0 Å². The lowest BCUT2D eigenvalue weighted by atomic mass is 9.82. The quantitative estimate of drug-likeness (QED) is 0.186. The average Bonchev–Trinajstić information content (AvgIpc) is 3.85. The van der Waals surface area contributed by atoms with Crippen LogP contribution in [-0.4, -0.2) is 25.1 Å². The maximum atomic E-state index is 6.75. The van der Waals surface area contributed by atoms with Crippen LogP contribution in [0.4, 0.5) is 0 Å². The van der Waals surface area contributed by atoms with Crippen molar-refractivity contribution in [3.63, 3.8) is 0 Å². The SMILES string of the molecule is CC12C=CC=CC1c1cc(-c3cc4c5ccccc5oc4c4c5ccccc5n(-c5nc(-c6ccccc6)nc(-c6ccccc6)n5)c34)ccc1O2. The molecule has 11 rings (SSSR count). The summed E-state index contributed by atoms with van der Waals surface area (Å²) in [6.45, 7) is 2.16. The molecule has 0 fully saturated rings. The molecule has 1 aliphatic heterocycles. The van der Waals surface area contributed by atoms with Crippen molar-refractivity contribution >= 4 is 43.7 Å². The summed E-state index contributed by atoms with van der Waals surface area (Å²) in [6, 6.07) is 45.8. The van der Waals surface area contributed by atoms with E-state index in [0.29, 0.717) is 17.6 Å². The fourth-order valence-electron chi connectivity index (χ4n) is 8.17. The fraction of sp³-hybridized carbons (Fsp3) is 0.0652. The number of ether oxygens (including phenoxy) is 1. The van der Waals surface area contributed by atoms with Crippen molar-refractivity contribution in [3.05, 3.63) is 163 Å². The Labute approximate surface area is 299 Å². The number of aromatic nitrogens is 4. The molecule has 0 saturated heterocycles. The summed E-state index contributed by atoms with van der Waals surface area (Å²) in [5.41, 5.74) is 8.36. The van der Waals surface area contributed by atoms with Crippen molar-refractivity contribution in [2.75, 3.05) is 0 Å². The van der Waals surface area contributed by atoms with E-state index < -0.39 is 5.60 Å². The molecular formula is C46H30N4O2. The van der Waals surface area contributed by atoms with Crippen LogP contribution in [0.3, 0.4) is 0 Å². The lowest BCUT2D eigenvalue weighted by Crippen LogP contribution is -2.32. The Balaban J connectivity index is 1.28. The van der Waals surface area contributed by atoms with Gasteiger partial charge in [0.05, 0.1) is 16.4 Å². The predicted octanol–water partition coefficient (Wildman–Crippen LogP) is 11.2. The molecule has 0 amide bonds. The third-order valence-corrected chi connectivity index (χ3v) is 10.6. The van der Waals surface area contributed by atoms with Gasteiger partial charge in [0, 0.05) is 44.3 Å². The Morgan fingerprint density at radius 3 is 2.10 bits per heavy atom. The Hall–Kier alpha value is -6.79. The van der Waals surface area contributed by atoms with E-state index in [0.717, 1.165) is 71.7 Å². The first kappa shape index (κ1) is 29.0. The molecule has 2 unspecified atom stereocenters. The molecule has 6 nitrogen and oxygen atoms in total. The first-order valence-electron chi connectivity index (χ1n) is 17.6. The van der Waals surface area contributed by atoms with E-state index in [2.05, 4.69) is 96.5 Å². The fourth-order valence-corrected chi connectivity index (χ4v) is 8.17. The summed E-state index contributed by atoms with van der Waals surface area (Å²) in [4.78, 5) is 15.5. The lowest BCUT2D eigenvalue weighted by molar-refractivity contribution is 0.155. The molecule has 2 atom stereocenters. The van der Waals surface area contributed by atoms with Gasteiger partial charge >= 0.3 is 0 Å². The molecular weight excluding hydrogens is 641 g/mol. The second-order valence-electron chi connectivity index (χ2n) is 13.8. The third kappa shape index (κ3) is 4.21. The van der Waals surface area contributed by atoms with Crippen molar-refractivity contribution < 1.29 is 9.15 Å². The van der Waals surface area contributed by atoms with Gasteiger partial charge in [-0.2, -0.15) is 9.97 Å². The first-order valence-corrected chi connectivity index (χ1v) is 17.6. The summed E-state index contributed by atoms with van der Waals surface area (Å²) in [5.74, 6) is 2.77. The Kier molecular flexibility index (Phi) is 6.05. The van der Waals surface area contributed by atoms with E-state index >= 15 is 0 Å². The molecule has 0 spiro atoms. The number of fused-ring (bicyclic) bond motifs is 10. The molecule has 0 radical (unpaired) electrons. The van der Waals surface area contributed by atoms with E-state index in [-0.39, 0.29) is 5.92 Å². The molecule has 6 aromatic carbocycles. The van der Waals surface area contributed by atoms with Gasteiger partial charge in [0.1, 0.15) is 22.5 Å². The lowest BCUT2D eigenvalue weighted by Gasteiger charge is -2.27. The number of nitrogens with zero attached hydrogens (tertiary/aromatic N) is 4. The zero-order valence-electron chi connectivity index (χ0n) is 28.2. The first-order chi connectivity index (χ1) is 25.6. The predicted molar refractivity (Wildman–Crippen MR) is 208 cm³/mol.